The molecule has 0 bridgehead atoms. The van der Waals surface area contributed by atoms with Crippen molar-refractivity contribution < 1.29 is 0 Å². The van der Waals surface area contributed by atoms with E-state index in [0.717, 1.165) is 12.1 Å². The van der Waals surface area contributed by atoms with Crippen LogP contribution in [0.15, 0.2) is 18.2 Å². The van der Waals surface area contributed by atoms with Gasteiger partial charge in [0.2, 0.25) is 0 Å². The lowest BCUT2D eigenvalue weighted by atomic mass is 10.1. The second-order valence-electron chi connectivity index (χ2n) is 4.15. The zero-order valence-electron chi connectivity index (χ0n) is 9.67. The molecule has 2 aromatic rings. The van der Waals surface area contributed by atoms with Crippen LogP contribution in [0.3, 0.4) is 0 Å². The average Bonchev–Trinajstić information content (AvgIpc) is 2.44. The summed E-state index contributed by atoms with van der Waals surface area (Å²) in [5.74, 6) is 0. The van der Waals surface area contributed by atoms with E-state index in [0.29, 0.717) is 0 Å². The van der Waals surface area contributed by atoms with Gasteiger partial charge in [-0.05, 0) is 37.1 Å². The second kappa shape index (κ2) is 3.61. The second-order valence-corrected chi connectivity index (χ2v) is 4.15. The molecule has 0 atom stereocenters. The van der Waals surface area contributed by atoms with Crippen LogP contribution in [0.25, 0.3) is 10.9 Å². The van der Waals surface area contributed by atoms with Crippen LogP contribution in [-0.2, 0) is 13.5 Å². The van der Waals surface area contributed by atoms with Crippen LogP contribution >= 0.6 is 0 Å². The SMILES string of the molecule is CCCc1c(C)n(C)c2ccc(N)cc12. The van der Waals surface area contributed by atoms with Gasteiger partial charge in [0.05, 0.1) is 0 Å². The molecule has 0 fully saturated rings. The Bertz CT molecular complexity index is 495. The predicted octanol–water partition coefficient (Wildman–Crippen LogP) is 3.02. The monoisotopic (exact) mass is 202 g/mol. The molecule has 0 aliphatic heterocycles. The van der Waals surface area contributed by atoms with Gasteiger partial charge in [0.25, 0.3) is 0 Å². The van der Waals surface area contributed by atoms with Crippen molar-refractivity contribution in [1.82, 2.24) is 4.57 Å². The summed E-state index contributed by atoms with van der Waals surface area (Å²) in [4.78, 5) is 0. The first-order valence-electron chi connectivity index (χ1n) is 5.48. The highest BCUT2D eigenvalue weighted by molar-refractivity contribution is 5.88. The van der Waals surface area contributed by atoms with Crippen molar-refractivity contribution in [1.29, 1.82) is 0 Å². The average molecular weight is 202 g/mol. The van der Waals surface area contributed by atoms with Crippen LogP contribution in [0.2, 0.25) is 0 Å². The Morgan fingerprint density at radius 3 is 2.73 bits per heavy atom. The maximum Gasteiger partial charge on any atom is 0.0484 e. The first kappa shape index (κ1) is 10.1. The fraction of sp³-hybridized carbons (Fsp3) is 0.385. The number of aryl methyl sites for hydroxylation is 2. The molecule has 2 rings (SSSR count). The number of aromatic nitrogens is 1. The maximum atomic E-state index is 5.84. The summed E-state index contributed by atoms with van der Waals surface area (Å²) in [5, 5.41) is 1.32. The number of benzene rings is 1. The Morgan fingerprint density at radius 1 is 1.33 bits per heavy atom. The smallest absolute Gasteiger partial charge is 0.0484 e. The Balaban J connectivity index is 2.76. The molecule has 0 unspecified atom stereocenters. The Kier molecular flexibility index (Phi) is 2.43. The van der Waals surface area contributed by atoms with Crippen molar-refractivity contribution in [2.75, 3.05) is 5.73 Å². The summed E-state index contributed by atoms with van der Waals surface area (Å²) in [6.07, 6.45) is 2.31. The van der Waals surface area contributed by atoms with Gasteiger partial charge in [0, 0.05) is 29.3 Å². The number of fused-ring (bicyclic) bond motifs is 1. The minimum absolute atomic E-state index is 0.852. The first-order chi connectivity index (χ1) is 7.15. The van der Waals surface area contributed by atoms with E-state index in [2.05, 4.69) is 37.6 Å². The highest BCUT2D eigenvalue weighted by atomic mass is 14.9. The van der Waals surface area contributed by atoms with Gasteiger partial charge >= 0.3 is 0 Å². The molecule has 0 aliphatic carbocycles. The van der Waals surface area contributed by atoms with Gasteiger partial charge in [0.15, 0.2) is 0 Å². The summed E-state index contributed by atoms with van der Waals surface area (Å²) in [6.45, 7) is 4.39. The van der Waals surface area contributed by atoms with Crippen LogP contribution in [0.4, 0.5) is 5.69 Å². The van der Waals surface area contributed by atoms with Gasteiger partial charge < -0.3 is 10.3 Å². The van der Waals surface area contributed by atoms with Crippen molar-refractivity contribution in [2.24, 2.45) is 7.05 Å². The molecular formula is C13H18N2. The molecule has 15 heavy (non-hydrogen) atoms. The first-order valence-corrected chi connectivity index (χ1v) is 5.48. The minimum atomic E-state index is 0.852. The molecule has 80 valence electrons. The molecule has 0 spiro atoms. The molecule has 1 aromatic carbocycles. The third-order valence-corrected chi connectivity index (χ3v) is 3.15. The van der Waals surface area contributed by atoms with E-state index in [1.165, 1.54) is 28.6 Å². The van der Waals surface area contributed by atoms with Crippen molar-refractivity contribution >= 4 is 16.6 Å². The number of nitrogens with zero attached hydrogens (tertiary/aromatic N) is 1. The Hall–Kier alpha value is -1.44. The summed E-state index contributed by atoms with van der Waals surface area (Å²) in [5.41, 5.74) is 10.8. The van der Waals surface area contributed by atoms with Gasteiger partial charge in [-0.2, -0.15) is 0 Å². The molecule has 1 heterocycles. The fourth-order valence-corrected chi connectivity index (χ4v) is 2.23. The van der Waals surface area contributed by atoms with Crippen LogP contribution in [-0.4, -0.2) is 4.57 Å². The molecular weight excluding hydrogens is 184 g/mol. The lowest BCUT2D eigenvalue weighted by Gasteiger charge is -1.99. The zero-order valence-corrected chi connectivity index (χ0v) is 9.67. The third kappa shape index (κ3) is 1.50. The largest absolute Gasteiger partial charge is 0.399 e. The van der Waals surface area contributed by atoms with Crippen molar-refractivity contribution in [3.63, 3.8) is 0 Å². The fourth-order valence-electron chi connectivity index (χ4n) is 2.23. The number of rotatable bonds is 2. The highest BCUT2D eigenvalue weighted by Gasteiger charge is 2.10. The molecule has 0 saturated carbocycles. The third-order valence-electron chi connectivity index (χ3n) is 3.15. The standard InChI is InChI=1S/C13H18N2/c1-4-5-11-9(2)15(3)13-7-6-10(14)8-12(11)13/h6-8H,4-5,14H2,1-3H3. The van der Waals surface area contributed by atoms with Gasteiger partial charge in [-0.25, -0.2) is 0 Å². The van der Waals surface area contributed by atoms with Crippen molar-refractivity contribution in [3.05, 3.63) is 29.5 Å². The van der Waals surface area contributed by atoms with Crippen LogP contribution < -0.4 is 5.73 Å². The molecule has 0 aliphatic rings. The normalized spacial score (nSPS) is 11.1. The quantitative estimate of drug-likeness (QED) is 0.746. The minimum Gasteiger partial charge on any atom is -0.399 e. The van der Waals surface area contributed by atoms with Crippen molar-refractivity contribution in [2.45, 2.75) is 26.7 Å². The maximum absolute atomic E-state index is 5.84. The summed E-state index contributed by atoms with van der Waals surface area (Å²) < 4.78 is 2.25. The van der Waals surface area contributed by atoms with Crippen LogP contribution in [0.1, 0.15) is 24.6 Å². The summed E-state index contributed by atoms with van der Waals surface area (Å²) >= 11 is 0. The van der Waals surface area contributed by atoms with E-state index in [1.807, 2.05) is 6.07 Å². The molecule has 2 heteroatoms. The molecule has 0 radical (unpaired) electrons. The van der Waals surface area contributed by atoms with Crippen LogP contribution in [0.5, 0.6) is 0 Å². The van der Waals surface area contributed by atoms with Gasteiger partial charge in [0.1, 0.15) is 0 Å². The Morgan fingerprint density at radius 2 is 2.07 bits per heavy atom. The topological polar surface area (TPSA) is 30.9 Å². The van der Waals surface area contributed by atoms with E-state index >= 15 is 0 Å². The van der Waals surface area contributed by atoms with Gasteiger partial charge in [-0.15, -0.1) is 0 Å². The van der Waals surface area contributed by atoms with E-state index in [-0.39, 0.29) is 0 Å². The van der Waals surface area contributed by atoms with E-state index in [1.54, 1.807) is 0 Å². The zero-order chi connectivity index (χ0) is 11.0. The van der Waals surface area contributed by atoms with Gasteiger partial charge in [-0.3, -0.25) is 0 Å². The number of anilines is 1. The summed E-state index contributed by atoms with van der Waals surface area (Å²) in [6, 6.07) is 6.17. The molecule has 2 N–H and O–H groups in total. The van der Waals surface area contributed by atoms with Crippen LogP contribution in [0, 0.1) is 6.92 Å². The number of hydrogen-bond donors (Lipinski definition) is 1. The lowest BCUT2D eigenvalue weighted by molar-refractivity contribution is 0.866. The van der Waals surface area contributed by atoms with E-state index < -0.39 is 0 Å². The highest BCUT2D eigenvalue weighted by Crippen LogP contribution is 2.27. The molecule has 1 aromatic heterocycles. The summed E-state index contributed by atoms with van der Waals surface area (Å²) in [7, 11) is 2.12. The number of nitrogen functional groups attached to an aromatic ring is 1. The van der Waals surface area contributed by atoms with E-state index in [9.17, 15) is 0 Å². The predicted molar refractivity (Wildman–Crippen MR) is 66.1 cm³/mol. The van der Waals surface area contributed by atoms with E-state index in [4.69, 9.17) is 5.73 Å². The molecule has 2 nitrogen and oxygen atoms in total. The number of hydrogen-bond acceptors (Lipinski definition) is 1. The lowest BCUT2D eigenvalue weighted by Crippen LogP contribution is -1.92. The molecule has 0 saturated heterocycles. The van der Waals surface area contributed by atoms with Crippen molar-refractivity contribution in [3.8, 4) is 0 Å². The Labute approximate surface area is 90.7 Å². The number of nitrogens with two attached hydrogens (primary N) is 1. The van der Waals surface area contributed by atoms with Gasteiger partial charge in [-0.1, -0.05) is 13.3 Å². The molecule has 0 amide bonds.